The molecule has 0 fully saturated rings. The number of hydrogen-bond donors (Lipinski definition) is 0. The van der Waals surface area contributed by atoms with Gasteiger partial charge < -0.3 is 0 Å². The molecule has 222 valence electrons. The van der Waals surface area contributed by atoms with Crippen LogP contribution in [0.3, 0.4) is 0 Å². The maximum Gasteiger partial charge on any atom is 0.0136 e. The van der Waals surface area contributed by atoms with E-state index < -0.39 is 0 Å². The largest absolute Gasteiger partial charge is 0.152 e. The van der Waals surface area contributed by atoms with Crippen molar-refractivity contribution in [2.75, 3.05) is 0 Å². The second-order valence-electron chi connectivity index (χ2n) is 17.0. The molecular formula is C36H60S3. The van der Waals surface area contributed by atoms with Crippen molar-refractivity contribution >= 4 is 34.0 Å². The van der Waals surface area contributed by atoms with Gasteiger partial charge in [0.25, 0.3) is 0 Å². The van der Waals surface area contributed by atoms with Crippen LogP contribution in [0.15, 0.2) is 33.7 Å². The summed E-state index contributed by atoms with van der Waals surface area (Å²) in [5, 5.41) is 9.00. The summed E-state index contributed by atoms with van der Waals surface area (Å²) in [6.07, 6.45) is 0. The second kappa shape index (κ2) is 12.5. The van der Waals surface area contributed by atoms with Crippen LogP contribution < -0.4 is 0 Å². The SMILES string of the molecule is CC(C)(C)c1ccsc1C(C)(C)C.CC(C)(C)c1ccsc1C(C)(C)C.CC(C)(C)c1cscc1C(C)(C)C. The molecule has 0 radical (unpaired) electrons. The molecule has 0 nitrogen and oxygen atoms in total. The molecule has 0 amide bonds. The van der Waals surface area contributed by atoms with Gasteiger partial charge in [0.1, 0.15) is 0 Å². The minimum Gasteiger partial charge on any atom is -0.152 e. The zero-order chi connectivity index (χ0) is 30.8. The molecule has 0 bridgehead atoms. The molecule has 3 aromatic heterocycles. The van der Waals surface area contributed by atoms with E-state index in [0.717, 1.165) is 0 Å². The molecular weight excluding hydrogens is 529 g/mol. The molecule has 0 aliphatic carbocycles. The Balaban J connectivity index is 0.000000292. The number of rotatable bonds is 0. The van der Waals surface area contributed by atoms with E-state index in [0.29, 0.717) is 0 Å². The molecule has 3 aromatic rings. The minimum absolute atomic E-state index is 0.280. The van der Waals surface area contributed by atoms with E-state index in [1.807, 2.05) is 34.0 Å². The molecule has 39 heavy (non-hydrogen) atoms. The smallest absolute Gasteiger partial charge is 0.0136 e. The van der Waals surface area contributed by atoms with Gasteiger partial charge in [-0.15, -0.1) is 22.7 Å². The van der Waals surface area contributed by atoms with Crippen LogP contribution in [-0.2, 0) is 32.5 Å². The molecule has 0 aliphatic heterocycles. The van der Waals surface area contributed by atoms with Gasteiger partial charge in [0.05, 0.1) is 0 Å². The van der Waals surface area contributed by atoms with Crippen LogP contribution >= 0.6 is 34.0 Å². The Morgan fingerprint density at radius 1 is 0.359 bits per heavy atom. The molecule has 3 heterocycles. The van der Waals surface area contributed by atoms with E-state index in [2.05, 4.69) is 158 Å². The lowest BCUT2D eigenvalue weighted by atomic mass is 9.78. The van der Waals surface area contributed by atoms with Crippen molar-refractivity contribution in [3.63, 3.8) is 0 Å². The van der Waals surface area contributed by atoms with Crippen molar-refractivity contribution in [2.45, 2.75) is 157 Å². The topological polar surface area (TPSA) is 0 Å². The van der Waals surface area contributed by atoms with Gasteiger partial charge in [-0.3, -0.25) is 0 Å². The van der Waals surface area contributed by atoms with Gasteiger partial charge in [-0.2, -0.15) is 11.3 Å². The van der Waals surface area contributed by atoms with Crippen LogP contribution in [0.4, 0.5) is 0 Å². The highest BCUT2D eigenvalue weighted by Gasteiger charge is 2.27. The molecule has 0 N–H and O–H groups in total. The minimum atomic E-state index is 0.280. The summed E-state index contributed by atoms with van der Waals surface area (Å²) in [6, 6.07) is 4.54. The van der Waals surface area contributed by atoms with Crippen LogP contribution in [0.5, 0.6) is 0 Å². The summed E-state index contributed by atoms with van der Waals surface area (Å²) in [5.74, 6) is 0. The summed E-state index contributed by atoms with van der Waals surface area (Å²) in [7, 11) is 0. The average Bonchev–Trinajstić information content (AvgIpc) is 3.45. The van der Waals surface area contributed by atoms with Crippen LogP contribution in [0.25, 0.3) is 0 Å². The molecule has 3 rings (SSSR count). The summed E-state index contributed by atoms with van der Waals surface area (Å²) in [4.78, 5) is 3.06. The summed E-state index contributed by atoms with van der Waals surface area (Å²) >= 11 is 5.59. The monoisotopic (exact) mass is 588 g/mol. The van der Waals surface area contributed by atoms with E-state index in [4.69, 9.17) is 0 Å². The Bertz CT molecular complexity index is 905. The molecule has 0 spiro atoms. The molecule has 0 aliphatic rings. The Labute approximate surface area is 255 Å². The lowest BCUT2D eigenvalue weighted by Crippen LogP contribution is -2.19. The van der Waals surface area contributed by atoms with Crippen LogP contribution in [0.2, 0.25) is 0 Å². The first-order valence-corrected chi connectivity index (χ1v) is 17.1. The molecule has 0 atom stereocenters. The van der Waals surface area contributed by atoms with Gasteiger partial charge in [0, 0.05) is 9.75 Å². The molecule has 0 saturated heterocycles. The van der Waals surface area contributed by atoms with Gasteiger partial charge in [0.2, 0.25) is 0 Å². The quantitative estimate of drug-likeness (QED) is 0.245. The predicted molar refractivity (Wildman–Crippen MR) is 185 cm³/mol. The maximum absolute atomic E-state index is 2.29. The van der Waals surface area contributed by atoms with Crippen LogP contribution in [0, 0.1) is 0 Å². The standard InChI is InChI=1S/3C12H20S/c1-11(2,3)9-7-13-8-10(9)12(4,5)6;2*1-11(2,3)9-7-8-13-10(9)12(4,5)6/h3*7-8H,1-6H3. The summed E-state index contributed by atoms with van der Waals surface area (Å²) in [5.41, 5.74) is 7.72. The molecule has 0 saturated carbocycles. The zero-order valence-corrected chi connectivity index (χ0v) is 31.1. The van der Waals surface area contributed by atoms with E-state index in [1.54, 1.807) is 0 Å². The second-order valence-corrected chi connectivity index (χ2v) is 19.6. The van der Waals surface area contributed by atoms with E-state index >= 15 is 0 Å². The Kier molecular flexibility index (Phi) is 11.6. The summed E-state index contributed by atoms with van der Waals surface area (Å²) < 4.78 is 0. The first-order chi connectivity index (χ1) is 17.2. The highest BCUT2D eigenvalue weighted by Crippen LogP contribution is 2.39. The fourth-order valence-electron chi connectivity index (χ4n) is 4.42. The highest BCUT2D eigenvalue weighted by atomic mass is 32.1. The van der Waals surface area contributed by atoms with Crippen molar-refractivity contribution in [1.82, 2.24) is 0 Å². The van der Waals surface area contributed by atoms with Crippen molar-refractivity contribution in [1.29, 1.82) is 0 Å². The van der Waals surface area contributed by atoms with Crippen molar-refractivity contribution in [3.05, 3.63) is 65.7 Å². The van der Waals surface area contributed by atoms with E-state index in [-0.39, 0.29) is 32.5 Å². The zero-order valence-electron chi connectivity index (χ0n) is 28.7. The Hall–Kier alpha value is -0.900. The third-order valence-electron chi connectivity index (χ3n) is 6.59. The number of thiophene rings is 3. The van der Waals surface area contributed by atoms with Gasteiger partial charge in [-0.05, 0) is 88.4 Å². The molecule has 0 unspecified atom stereocenters. The molecule has 3 heteroatoms. The van der Waals surface area contributed by atoms with Crippen LogP contribution in [-0.4, -0.2) is 0 Å². The summed E-state index contributed by atoms with van der Waals surface area (Å²) in [6.45, 7) is 41.1. The van der Waals surface area contributed by atoms with Gasteiger partial charge in [-0.1, -0.05) is 125 Å². The van der Waals surface area contributed by atoms with Crippen molar-refractivity contribution in [3.8, 4) is 0 Å². The fourth-order valence-corrected chi connectivity index (χ4v) is 8.11. The lowest BCUT2D eigenvalue weighted by molar-refractivity contribution is 0.534. The van der Waals surface area contributed by atoms with Gasteiger partial charge in [-0.25, -0.2) is 0 Å². The predicted octanol–water partition coefficient (Wildman–Crippen LogP) is 13.0. The van der Waals surface area contributed by atoms with Gasteiger partial charge in [0.15, 0.2) is 0 Å². The lowest BCUT2D eigenvalue weighted by Gasteiger charge is -2.26. The third-order valence-corrected chi connectivity index (χ3v) is 10.0. The normalized spacial score (nSPS) is 13.4. The van der Waals surface area contributed by atoms with E-state index in [1.165, 1.54) is 32.0 Å². The van der Waals surface area contributed by atoms with Crippen LogP contribution in [0.1, 0.15) is 157 Å². The maximum atomic E-state index is 2.29. The fraction of sp³-hybridized carbons (Fsp3) is 0.667. The van der Waals surface area contributed by atoms with Crippen molar-refractivity contribution < 1.29 is 0 Å². The third kappa shape index (κ3) is 10.8. The number of hydrogen-bond acceptors (Lipinski definition) is 3. The first kappa shape index (κ1) is 36.1. The van der Waals surface area contributed by atoms with Crippen molar-refractivity contribution in [2.24, 2.45) is 0 Å². The molecule has 0 aromatic carbocycles. The Morgan fingerprint density at radius 2 is 0.615 bits per heavy atom. The average molecular weight is 589 g/mol. The first-order valence-electron chi connectivity index (χ1n) is 14.4. The Morgan fingerprint density at radius 3 is 0.795 bits per heavy atom. The van der Waals surface area contributed by atoms with E-state index in [9.17, 15) is 0 Å². The van der Waals surface area contributed by atoms with Gasteiger partial charge >= 0.3 is 0 Å². The highest BCUT2D eigenvalue weighted by molar-refractivity contribution is 7.10.